The number of amides is 2. The monoisotopic (exact) mass is 507 g/mol. The molecular formula is C26H16Cl3N3O2. The zero-order chi connectivity index (χ0) is 24.2. The number of fused-ring (bicyclic) bond motifs is 1. The molecule has 2 amide bonds. The molecular weight excluding hydrogens is 493 g/mol. The van der Waals surface area contributed by atoms with Crippen LogP contribution in [0, 0.1) is 18.8 Å². The van der Waals surface area contributed by atoms with Gasteiger partial charge >= 0.3 is 0 Å². The van der Waals surface area contributed by atoms with Crippen LogP contribution in [0.3, 0.4) is 0 Å². The highest BCUT2D eigenvalue weighted by molar-refractivity contribution is 6.42. The zero-order valence-electron chi connectivity index (χ0n) is 17.7. The minimum atomic E-state index is -0.670. The van der Waals surface area contributed by atoms with Crippen molar-refractivity contribution in [1.29, 1.82) is 0 Å². The minimum absolute atomic E-state index is 0.00693. The molecule has 0 aliphatic heterocycles. The number of nitrogens with zero attached hydrogens (tertiary/aromatic N) is 1. The molecule has 1 heterocycles. The Morgan fingerprint density at radius 3 is 2.32 bits per heavy atom. The zero-order valence-corrected chi connectivity index (χ0v) is 20.0. The van der Waals surface area contributed by atoms with Crippen LogP contribution in [-0.4, -0.2) is 16.8 Å². The van der Waals surface area contributed by atoms with Gasteiger partial charge in [-0.2, -0.15) is 0 Å². The van der Waals surface area contributed by atoms with Gasteiger partial charge in [-0.15, -0.1) is 0 Å². The van der Waals surface area contributed by atoms with Crippen molar-refractivity contribution in [3.8, 4) is 11.8 Å². The van der Waals surface area contributed by atoms with E-state index in [2.05, 4.69) is 27.7 Å². The number of halogens is 3. The normalized spacial score (nSPS) is 10.4. The predicted molar refractivity (Wildman–Crippen MR) is 135 cm³/mol. The molecule has 0 unspecified atom stereocenters. The van der Waals surface area contributed by atoms with Gasteiger partial charge in [0.2, 0.25) is 0 Å². The smallest absolute Gasteiger partial charge is 0.267 e. The summed E-state index contributed by atoms with van der Waals surface area (Å²) >= 11 is 18.0. The van der Waals surface area contributed by atoms with E-state index in [0.717, 1.165) is 22.0 Å². The summed E-state index contributed by atoms with van der Waals surface area (Å²) < 4.78 is 0. The van der Waals surface area contributed by atoms with Crippen molar-refractivity contribution in [3.05, 3.63) is 110 Å². The van der Waals surface area contributed by atoms with Crippen LogP contribution in [-0.2, 0) is 0 Å². The van der Waals surface area contributed by atoms with Gasteiger partial charge in [-0.05, 0) is 48.9 Å². The summed E-state index contributed by atoms with van der Waals surface area (Å²) in [6.07, 6.45) is 1.71. The van der Waals surface area contributed by atoms with E-state index in [1.165, 1.54) is 12.1 Å². The second kappa shape index (κ2) is 10.1. The first-order valence-electron chi connectivity index (χ1n) is 10.0. The first-order valence-corrected chi connectivity index (χ1v) is 11.2. The van der Waals surface area contributed by atoms with Crippen LogP contribution in [0.1, 0.15) is 37.4 Å². The molecule has 0 aliphatic rings. The van der Waals surface area contributed by atoms with E-state index in [-0.39, 0.29) is 15.6 Å². The number of para-hydroxylation sites is 1. The molecule has 0 atom stereocenters. The van der Waals surface area contributed by atoms with Gasteiger partial charge < -0.3 is 0 Å². The number of carbonyl (C=O) groups excluding carboxylic acids is 2. The van der Waals surface area contributed by atoms with Crippen LogP contribution >= 0.6 is 34.8 Å². The van der Waals surface area contributed by atoms with Gasteiger partial charge in [0, 0.05) is 33.3 Å². The molecule has 0 bridgehead atoms. The van der Waals surface area contributed by atoms with E-state index >= 15 is 0 Å². The van der Waals surface area contributed by atoms with E-state index in [0.29, 0.717) is 16.1 Å². The largest absolute Gasteiger partial charge is 0.272 e. The van der Waals surface area contributed by atoms with Crippen molar-refractivity contribution in [2.45, 2.75) is 6.92 Å². The summed E-state index contributed by atoms with van der Waals surface area (Å²) in [7, 11) is 0. The number of hydrogen-bond acceptors (Lipinski definition) is 3. The average molecular weight is 509 g/mol. The number of carbonyl (C=O) groups is 2. The van der Waals surface area contributed by atoms with Crippen molar-refractivity contribution in [3.63, 3.8) is 0 Å². The van der Waals surface area contributed by atoms with Crippen molar-refractivity contribution in [2.75, 3.05) is 0 Å². The second-order valence-corrected chi connectivity index (χ2v) is 8.60. The summed E-state index contributed by atoms with van der Waals surface area (Å²) in [6.45, 7) is 1.90. The van der Waals surface area contributed by atoms with Crippen molar-refractivity contribution in [1.82, 2.24) is 15.8 Å². The molecule has 4 aromatic rings. The number of aromatic nitrogens is 1. The third-order valence-electron chi connectivity index (χ3n) is 4.96. The molecule has 0 spiro atoms. The lowest BCUT2D eigenvalue weighted by Crippen LogP contribution is -2.41. The summed E-state index contributed by atoms with van der Waals surface area (Å²) in [4.78, 5) is 29.5. The van der Waals surface area contributed by atoms with Gasteiger partial charge in [-0.25, -0.2) is 0 Å². The Morgan fingerprint density at radius 2 is 1.56 bits per heavy atom. The number of aryl methyl sites for hydroxylation is 1. The Morgan fingerprint density at radius 1 is 0.853 bits per heavy atom. The van der Waals surface area contributed by atoms with E-state index in [4.69, 9.17) is 34.8 Å². The fraction of sp³-hybridized carbons (Fsp3) is 0.0385. The first-order chi connectivity index (χ1) is 16.3. The quantitative estimate of drug-likeness (QED) is 0.258. The molecule has 0 aliphatic carbocycles. The molecule has 0 saturated carbocycles. The second-order valence-electron chi connectivity index (χ2n) is 7.35. The van der Waals surface area contributed by atoms with Crippen molar-refractivity contribution < 1.29 is 9.59 Å². The van der Waals surface area contributed by atoms with E-state index in [1.807, 2.05) is 37.3 Å². The molecule has 168 valence electrons. The van der Waals surface area contributed by atoms with Crippen molar-refractivity contribution >= 4 is 57.5 Å². The summed E-state index contributed by atoms with van der Waals surface area (Å²) in [5.74, 6) is 5.00. The SMILES string of the molecule is Cc1ccc(C(=O)NNC(=O)c2c(Cl)cc(Cl)cc2Cl)cc1C#Cc1cnc2ccccc2c1. The highest BCUT2D eigenvalue weighted by atomic mass is 35.5. The molecule has 0 saturated heterocycles. The lowest BCUT2D eigenvalue weighted by atomic mass is 10.0. The van der Waals surface area contributed by atoms with Gasteiger partial charge in [0.05, 0.1) is 21.1 Å². The topological polar surface area (TPSA) is 71.1 Å². The van der Waals surface area contributed by atoms with E-state index in [1.54, 1.807) is 24.4 Å². The Kier molecular flexibility index (Phi) is 7.04. The molecule has 8 heteroatoms. The molecule has 3 aromatic carbocycles. The van der Waals surface area contributed by atoms with Crippen molar-refractivity contribution in [2.24, 2.45) is 0 Å². The van der Waals surface area contributed by atoms with E-state index in [9.17, 15) is 9.59 Å². The maximum absolute atomic E-state index is 12.6. The molecule has 5 nitrogen and oxygen atoms in total. The molecule has 4 rings (SSSR count). The average Bonchev–Trinajstić information content (AvgIpc) is 2.81. The standard InChI is InChI=1S/C26H16Cl3N3O2/c1-15-6-8-19(25(33)31-32-26(34)24-21(28)12-20(27)13-22(24)29)11-17(15)9-7-16-10-18-4-2-3-5-23(18)30-14-16/h2-6,8,10-14H,1H3,(H,31,33)(H,32,34). The van der Waals surface area contributed by atoms with Gasteiger partial charge in [0.1, 0.15) is 0 Å². The fourth-order valence-corrected chi connectivity index (χ4v) is 4.17. The number of hydrazine groups is 1. The van der Waals surface area contributed by atoms with Crippen LogP contribution in [0.4, 0.5) is 0 Å². The minimum Gasteiger partial charge on any atom is -0.267 e. The van der Waals surface area contributed by atoms with Gasteiger partial charge in [0.15, 0.2) is 0 Å². The maximum atomic E-state index is 12.6. The fourth-order valence-electron chi connectivity index (χ4n) is 3.18. The Balaban J connectivity index is 1.50. The lowest BCUT2D eigenvalue weighted by Gasteiger charge is -2.11. The third-order valence-corrected chi connectivity index (χ3v) is 5.77. The van der Waals surface area contributed by atoms with Gasteiger partial charge in [0.25, 0.3) is 11.8 Å². The van der Waals surface area contributed by atoms with Crippen LogP contribution in [0.5, 0.6) is 0 Å². The molecule has 2 N–H and O–H groups in total. The van der Waals surface area contributed by atoms with Crippen LogP contribution in [0.2, 0.25) is 15.1 Å². The van der Waals surface area contributed by atoms with Gasteiger partial charge in [-0.1, -0.05) is 70.9 Å². The number of pyridine rings is 1. The maximum Gasteiger partial charge on any atom is 0.272 e. The molecule has 0 radical (unpaired) electrons. The Hall–Kier alpha value is -3.56. The number of hydrogen-bond donors (Lipinski definition) is 2. The summed E-state index contributed by atoms with van der Waals surface area (Å²) in [6, 6.07) is 17.6. The van der Waals surface area contributed by atoms with Crippen LogP contribution in [0.15, 0.2) is 66.9 Å². The molecule has 0 fully saturated rings. The number of rotatable bonds is 2. The third kappa shape index (κ3) is 5.32. The highest BCUT2D eigenvalue weighted by Gasteiger charge is 2.17. The van der Waals surface area contributed by atoms with E-state index < -0.39 is 11.8 Å². The Bertz CT molecular complexity index is 1480. The summed E-state index contributed by atoms with van der Waals surface area (Å²) in [5, 5.41) is 1.43. The highest BCUT2D eigenvalue weighted by Crippen LogP contribution is 2.28. The molecule has 1 aromatic heterocycles. The predicted octanol–water partition coefficient (Wildman–Crippen LogP) is 5.98. The Labute approximate surface area is 211 Å². The number of nitrogens with one attached hydrogen (secondary N) is 2. The molecule has 34 heavy (non-hydrogen) atoms. The first kappa shape index (κ1) is 23.6. The summed E-state index contributed by atoms with van der Waals surface area (Å²) in [5.41, 5.74) is 8.24. The van der Waals surface area contributed by atoms with Crippen LogP contribution < -0.4 is 10.9 Å². The van der Waals surface area contributed by atoms with Gasteiger partial charge in [-0.3, -0.25) is 25.4 Å². The number of benzene rings is 3. The lowest BCUT2D eigenvalue weighted by molar-refractivity contribution is 0.0847. The van der Waals surface area contributed by atoms with Crippen LogP contribution in [0.25, 0.3) is 10.9 Å².